The number of piperidine rings is 1. The van der Waals surface area contributed by atoms with Gasteiger partial charge in [0.05, 0.1) is 11.7 Å². The fourth-order valence-electron chi connectivity index (χ4n) is 3.29. The molecule has 4 rings (SSSR count). The Labute approximate surface area is 161 Å². The second-order valence-corrected chi connectivity index (χ2v) is 7.26. The smallest absolute Gasteiger partial charge is 0.317 e. The summed E-state index contributed by atoms with van der Waals surface area (Å²) in [6, 6.07) is 7.73. The molecule has 1 saturated heterocycles. The van der Waals surface area contributed by atoms with E-state index in [0.717, 1.165) is 48.5 Å². The third-order valence-corrected chi connectivity index (χ3v) is 5.23. The van der Waals surface area contributed by atoms with Crippen molar-refractivity contribution in [1.29, 1.82) is 0 Å². The summed E-state index contributed by atoms with van der Waals surface area (Å²) in [6.07, 6.45) is 5.44. The van der Waals surface area contributed by atoms with Gasteiger partial charge in [-0.15, -0.1) is 0 Å². The second kappa shape index (κ2) is 7.83. The van der Waals surface area contributed by atoms with Crippen molar-refractivity contribution >= 4 is 34.7 Å². The first-order valence-electron chi connectivity index (χ1n) is 8.94. The van der Waals surface area contributed by atoms with Gasteiger partial charge in [0.2, 0.25) is 5.95 Å². The topological polar surface area (TPSA) is 87.1 Å². The largest absolute Gasteiger partial charge is 0.339 e. The Kier molecular flexibility index (Phi) is 5.10. The number of anilines is 1. The number of carbonyl (C=O) groups excluding carboxylic acids is 1. The third kappa shape index (κ3) is 4.13. The van der Waals surface area contributed by atoms with Crippen LogP contribution < -0.4 is 10.2 Å². The number of nitrogens with zero attached hydrogens (tertiary/aromatic N) is 6. The highest BCUT2D eigenvalue weighted by Crippen LogP contribution is 2.17. The van der Waals surface area contributed by atoms with E-state index in [0.29, 0.717) is 6.54 Å². The average Bonchev–Trinajstić information content (AvgIpc) is 3.16. The predicted molar refractivity (Wildman–Crippen MR) is 105 cm³/mol. The molecule has 1 atom stereocenters. The van der Waals surface area contributed by atoms with Crippen molar-refractivity contribution in [3.63, 3.8) is 0 Å². The van der Waals surface area contributed by atoms with E-state index in [-0.39, 0.29) is 12.1 Å². The first-order chi connectivity index (χ1) is 13.2. The summed E-state index contributed by atoms with van der Waals surface area (Å²) < 4.78 is 8.46. The van der Waals surface area contributed by atoms with Crippen LogP contribution in [0.25, 0.3) is 11.0 Å². The Balaban J connectivity index is 1.34. The molecule has 140 valence electrons. The van der Waals surface area contributed by atoms with Gasteiger partial charge in [-0.1, -0.05) is 6.07 Å². The number of hydrogen-bond donors (Lipinski definition) is 1. The molecular formula is C18H21N7OS. The molecule has 1 aliphatic rings. The van der Waals surface area contributed by atoms with E-state index in [1.807, 2.05) is 18.2 Å². The van der Waals surface area contributed by atoms with Crippen molar-refractivity contribution in [2.75, 3.05) is 25.0 Å². The van der Waals surface area contributed by atoms with E-state index in [4.69, 9.17) is 0 Å². The predicted octanol–water partition coefficient (Wildman–Crippen LogP) is 2.29. The standard InChI is InChI=1S/C18H21N7OS/c1-24(11-13-5-6-15-16(10-13)23-27-22-15)18(26)21-14-4-2-9-25(12-14)17-19-7-3-8-20-17/h3,5-8,10,14H,2,4,9,11-12H2,1H3,(H,21,26). The van der Waals surface area contributed by atoms with Crippen molar-refractivity contribution in [3.8, 4) is 0 Å². The molecule has 3 heterocycles. The molecule has 0 aliphatic carbocycles. The summed E-state index contributed by atoms with van der Waals surface area (Å²) in [5.74, 6) is 0.718. The number of hydrogen-bond acceptors (Lipinski definition) is 7. The normalized spacial score (nSPS) is 17.1. The molecule has 27 heavy (non-hydrogen) atoms. The number of carbonyl (C=O) groups is 1. The maximum Gasteiger partial charge on any atom is 0.317 e. The summed E-state index contributed by atoms with van der Waals surface area (Å²) in [6.45, 7) is 2.16. The van der Waals surface area contributed by atoms with Gasteiger partial charge in [0.25, 0.3) is 0 Å². The van der Waals surface area contributed by atoms with Crippen molar-refractivity contribution < 1.29 is 4.79 Å². The first-order valence-corrected chi connectivity index (χ1v) is 9.67. The molecule has 0 spiro atoms. The zero-order chi connectivity index (χ0) is 18.6. The molecule has 0 bridgehead atoms. The molecular weight excluding hydrogens is 362 g/mol. The van der Waals surface area contributed by atoms with Crippen LogP contribution in [0.2, 0.25) is 0 Å². The third-order valence-electron chi connectivity index (χ3n) is 4.67. The molecule has 0 radical (unpaired) electrons. The first kappa shape index (κ1) is 17.6. The Morgan fingerprint density at radius 1 is 1.30 bits per heavy atom. The number of fused-ring (bicyclic) bond motifs is 1. The van der Waals surface area contributed by atoms with E-state index in [2.05, 4.69) is 28.9 Å². The van der Waals surface area contributed by atoms with Gasteiger partial charge >= 0.3 is 6.03 Å². The van der Waals surface area contributed by atoms with Crippen molar-refractivity contribution in [2.45, 2.75) is 25.4 Å². The summed E-state index contributed by atoms with van der Waals surface area (Å²) in [4.78, 5) is 25.0. The monoisotopic (exact) mass is 383 g/mol. The maximum absolute atomic E-state index is 12.6. The summed E-state index contributed by atoms with van der Waals surface area (Å²) in [5, 5.41) is 3.13. The van der Waals surface area contributed by atoms with Gasteiger partial charge in [-0.05, 0) is 36.6 Å². The molecule has 1 fully saturated rings. The maximum atomic E-state index is 12.6. The molecule has 2 aromatic heterocycles. The Bertz CT molecular complexity index is 916. The van der Waals surface area contributed by atoms with E-state index in [1.165, 1.54) is 11.7 Å². The highest BCUT2D eigenvalue weighted by molar-refractivity contribution is 7.00. The van der Waals surface area contributed by atoms with Crippen molar-refractivity contribution in [1.82, 2.24) is 28.9 Å². The van der Waals surface area contributed by atoms with Crippen molar-refractivity contribution in [2.24, 2.45) is 0 Å². The molecule has 9 heteroatoms. The van der Waals surface area contributed by atoms with Crippen LogP contribution >= 0.6 is 11.7 Å². The van der Waals surface area contributed by atoms with E-state index in [1.54, 1.807) is 30.4 Å². The molecule has 1 N–H and O–H groups in total. The average molecular weight is 383 g/mol. The molecule has 2 amide bonds. The minimum absolute atomic E-state index is 0.0765. The van der Waals surface area contributed by atoms with Crippen LogP contribution in [0, 0.1) is 0 Å². The van der Waals surface area contributed by atoms with Crippen LogP contribution in [0.1, 0.15) is 18.4 Å². The summed E-state index contributed by atoms with van der Waals surface area (Å²) in [5.41, 5.74) is 2.80. The van der Waals surface area contributed by atoms with Gasteiger partial charge in [-0.25, -0.2) is 14.8 Å². The van der Waals surface area contributed by atoms with Crippen LogP contribution in [-0.2, 0) is 6.54 Å². The number of amides is 2. The highest BCUT2D eigenvalue weighted by atomic mass is 32.1. The van der Waals surface area contributed by atoms with Gasteiger partial charge in [0, 0.05) is 45.1 Å². The van der Waals surface area contributed by atoms with Gasteiger partial charge in [0.1, 0.15) is 11.0 Å². The number of benzene rings is 1. The lowest BCUT2D eigenvalue weighted by Crippen LogP contribution is -2.51. The molecule has 0 saturated carbocycles. The number of nitrogens with one attached hydrogen (secondary N) is 1. The van der Waals surface area contributed by atoms with E-state index < -0.39 is 0 Å². The number of aromatic nitrogens is 4. The van der Waals surface area contributed by atoms with Crippen LogP contribution in [0.15, 0.2) is 36.7 Å². The Morgan fingerprint density at radius 2 is 2.11 bits per heavy atom. The minimum atomic E-state index is -0.0765. The van der Waals surface area contributed by atoms with Gasteiger partial charge in [-0.2, -0.15) is 8.75 Å². The van der Waals surface area contributed by atoms with Crippen LogP contribution in [0.4, 0.5) is 10.7 Å². The lowest BCUT2D eigenvalue weighted by Gasteiger charge is -2.34. The van der Waals surface area contributed by atoms with Crippen molar-refractivity contribution in [3.05, 3.63) is 42.2 Å². The Hall–Kier alpha value is -2.81. The molecule has 3 aromatic rings. The van der Waals surface area contributed by atoms with Crippen LogP contribution in [-0.4, -0.2) is 55.8 Å². The van der Waals surface area contributed by atoms with Crippen LogP contribution in [0.5, 0.6) is 0 Å². The lowest BCUT2D eigenvalue weighted by molar-refractivity contribution is 0.201. The van der Waals surface area contributed by atoms with Gasteiger partial charge < -0.3 is 15.1 Å². The van der Waals surface area contributed by atoms with Gasteiger partial charge in [-0.3, -0.25) is 0 Å². The van der Waals surface area contributed by atoms with E-state index in [9.17, 15) is 4.79 Å². The molecule has 1 unspecified atom stereocenters. The minimum Gasteiger partial charge on any atom is -0.339 e. The Morgan fingerprint density at radius 3 is 2.96 bits per heavy atom. The zero-order valence-electron chi connectivity index (χ0n) is 15.1. The van der Waals surface area contributed by atoms with E-state index >= 15 is 0 Å². The summed E-state index contributed by atoms with van der Waals surface area (Å²) in [7, 11) is 1.81. The second-order valence-electron chi connectivity index (χ2n) is 6.73. The SMILES string of the molecule is CN(Cc1ccc2nsnc2c1)C(=O)NC1CCCN(c2ncccn2)C1. The quantitative estimate of drug-likeness (QED) is 0.744. The van der Waals surface area contributed by atoms with Crippen LogP contribution in [0.3, 0.4) is 0 Å². The molecule has 8 nitrogen and oxygen atoms in total. The zero-order valence-corrected chi connectivity index (χ0v) is 15.9. The number of rotatable bonds is 4. The molecule has 1 aromatic carbocycles. The number of urea groups is 1. The lowest BCUT2D eigenvalue weighted by atomic mass is 10.1. The highest BCUT2D eigenvalue weighted by Gasteiger charge is 2.24. The molecule has 1 aliphatic heterocycles. The van der Waals surface area contributed by atoms with Gasteiger partial charge in [0.15, 0.2) is 0 Å². The summed E-state index contributed by atoms with van der Waals surface area (Å²) >= 11 is 1.20. The fourth-order valence-corrected chi connectivity index (χ4v) is 3.81. The fraction of sp³-hybridized carbons (Fsp3) is 0.389.